The average molecular weight is 464 g/mol. The van der Waals surface area contributed by atoms with Crippen molar-refractivity contribution < 1.29 is 14.3 Å². The Balaban J connectivity index is 1.46. The molecule has 0 unspecified atom stereocenters. The Morgan fingerprint density at radius 1 is 1.19 bits per heavy atom. The van der Waals surface area contributed by atoms with Crippen LogP contribution in [0.25, 0.3) is 10.4 Å². The smallest absolute Gasteiger partial charge is 0.225 e. The monoisotopic (exact) mass is 463 g/mol. The van der Waals surface area contributed by atoms with Gasteiger partial charge in [0.25, 0.3) is 0 Å². The van der Waals surface area contributed by atoms with E-state index in [1.807, 2.05) is 17.5 Å². The van der Waals surface area contributed by atoms with E-state index in [4.69, 9.17) is 15.2 Å². The van der Waals surface area contributed by atoms with Crippen molar-refractivity contribution in [1.82, 2.24) is 4.98 Å². The van der Waals surface area contributed by atoms with Crippen LogP contribution in [0.15, 0.2) is 40.7 Å². The Labute approximate surface area is 192 Å². The third-order valence-electron chi connectivity index (χ3n) is 4.58. The fraction of sp³-hybridized carbons (Fsp3) is 0.182. The summed E-state index contributed by atoms with van der Waals surface area (Å²) in [5.41, 5.74) is 7.57. The van der Waals surface area contributed by atoms with Crippen molar-refractivity contribution >= 4 is 40.5 Å². The number of benzene rings is 1. The number of hydrogen-bond donors (Lipinski definition) is 2. The minimum absolute atomic E-state index is 0.0677. The molecule has 1 aliphatic heterocycles. The van der Waals surface area contributed by atoms with E-state index in [0.717, 1.165) is 4.88 Å². The number of nitrogen functional groups attached to an aromatic ring is 1. The number of nitrogens with two attached hydrogens (primary N) is 1. The van der Waals surface area contributed by atoms with Crippen molar-refractivity contribution in [3.63, 3.8) is 0 Å². The minimum Gasteiger partial charge on any atom is -0.486 e. The van der Waals surface area contributed by atoms with Gasteiger partial charge in [-0.15, -0.1) is 23.1 Å². The van der Waals surface area contributed by atoms with Crippen molar-refractivity contribution in [3.05, 3.63) is 46.8 Å². The first-order valence-corrected chi connectivity index (χ1v) is 11.5. The van der Waals surface area contributed by atoms with Gasteiger partial charge in [-0.25, -0.2) is 4.98 Å². The Morgan fingerprint density at radius 2 is 1.97 bits per heavy atom. The van der Waals surface area contributed by atoms with Crippen LogP contribution in [-0.2, 0) is 4.79 Å². The number of nitriles is 2. The lowest BCUT2D eigenvalue weighted by Crippen LogP contribution is -2.16. The zero-order valence-corrected chi connectivity index (χ0v) is 18.4. The molecule has 1 aromatic carbocycles. The molecule has 0 bridgehead atoms. The Hall–Kier alpha value is -3.73. The van der Waals surface area contributed by atoms with Gasteiger partial charge in [-0.05, 0) is 23.6 Å². The summed E-state index contributed by atoms with van der Waals surface area (Å²) >= 11 is 2.67. The average Bonchev–Trinajstić information content (AvgIpc) is 3.33. The fourth-order valence-electron chi connectivity index (χ4n) is 3.15. The molecule has 0 spiro atoms. The van der Waals surface area contributed by atoms with E-state index >= 15 is 0 Å². The van der Waals surface area contributed by atoms with Gasteiger partial charge in [0.05, 0.1) is 5.56 Å². The molecule has 32 heavy (non-hydrogen) atoms. The van der Waals surface area contributed by atoms with Gasteiger partial charge in [0, 0.05) is 34.4 Å². The highest BCUT2D eigenvalue weighted by Crippen LogP contribution is 2.38. The van der Waals surface area contributed by atoms with E-state index in [1.165, 1.54) is 23.1 Å². The van der Waals surface area contributed by atoms with E-state index in [9.17, 15) is 15.3 Å². The molecule has 1 amide bonds. The normalized spacial score (nSPS) is 11.9. The van der Waals surface area contributed by atoms with Gasteiger partial charge in [0.2, 0.25) is 5.91 Å². The van der Waals surface area contributed by atoms with Crippen LogP contribution in [0.5, 0.6) is 11.5 Å². The van der Waals surface area contributed by atoms with Gasteiger partial charge >= 0.3 is 0 Å². The number of aromatic nitrogens is 1. The third-order valence-corrected chi connectivity index (χ3v) is 6.44. The number of nitrogens with one attached hydrogen (secondary N) is 1. The highest BCUT2D eigenvalue weighted by atomic mass is 32.2. The number of hydrogen-bond acceptors (Lipinski definition) is 9. The van der Waals surface area contributed by atoms with E-state index in [-0.39, 0.29) is 29.3 Å². The van der Waals surface area contributed by atoms with Gasteiger partial charge < -0.3 is 20.5 Å². The number of thioether (sulfide) groups is 1. The molecule has 10 heteroatoms. The number of amides is 1. The number of fused-ring (bicyclic) bond motifs is 1. The largest absolute Gasteiger partial charge is 0.486 e. The van der Waals surface area contributed by atoms with Crippen molar-refractivity contribution in [2.45, 2.75) is 11.4 Å². The highest BCUT2D eigenvalue weighted by molar-refractivity contribution is 7.99. The molecular weight excluding hydrogens is 446 g/mol. The second-order valence-electron chi connectivity index (χ2n) is 6.63. The first-order valence-electron chi connectivity index (χ1n) is 9.60. The molecule has 0 saturated carbocycles. The predicted molar refractivity (Wildman–Crippen MR) is 123 cm³/mol. The Morgan fingerprint density at radius 3 is 2.69 bits per heavy atom. The van der Waals surface area contributed by atoms with Crippen LogP contribution in [0.3, 0.4) is 0 Å². The maximum atomic E-state index is 12.4. The molecule has 2 aromatic heterocycles. The molecule has 160 valence electrons. The lowest BCUT2D eigenvalue weighted by molar-refractivity contribution is -0.115. The lowest BCUT2D eigenvalue weighted by atomic mass is 10.0. The van der Waals surface area contributed by atoms with E-state index in [1.54, 1.807) is 18.2 Å². The van der Waals surface area contributed by atoms with Crippen molar-refractivity contribution in [2.24, 2.45) is 0 Å². The Kier molecular flexibility index (Phi) is 6.45. The van der Waals surface area contributed by atoms with Gasteiger partial charge in [-0.3, -0.25) is 4.79 Å². The molecule has 8 nitrogen and oxygen atoms in total. The van der Waals surface area contributed by atoms with Crippen LogP contribution in [0.4, 0.5) is 11.5 Å². The summed E-state index contributed by atoms with van der Waals surface area (Å²) in [6.07, 6.45) is 0.194. The van der Waals surface area contributed by atoms with Gasteiger partial charge in [-0.2, -0.15) is 10.5 Å². The number of pyridine rings is 1. The SMILES string of the molecule is N#Cc1c(N)nc(SCCC(=O)Nc2ccc3c(c2)OCCO3)c(C#N)c1-c1cccs1. The van der Waals surface area contributed by atoms with Crippen LogP contribution >= 0.6 is 23.1 Å². The number of ether oxygens (including phenoxy) is 2. The maximum absolute atomic E-state index is 12.4. The zero-order chi connectivity index (χ0) is 22.5. The van der Waals surface area contributed by atoms with E-state index in [2.05, 4.69) is 22.4 Å². The van der Waals surface area contributed by atoms with Crippen LogP contribution in [0, 0.1) is 22.7 Å². The molecule has 0 saturated heterocycles. The number of rotatable bonds is 6. The number of carbonyl (C=O) groups excluding carboxylic acids is 1. The van der Waals surface area contributed by atoms with Gasteiger partial charge in [0.15, 0.2) is 11.5 Å². The fourth-order valence-corrected chi connectivity index (χ4v) is 4.87. The van der Waals surface area contributed by atoms with E-state index < -0.39 is 0 Å². The summed E-state index contributed by atoms with van der Waals surface area (Å²) < 4.78 is 11.0. The standard InChI is InChI=1S/C22H17N5O3S2/c23-11-14-20(18-2-1-8-31-18)15(12-24)22(27-21(14)25)32-9-5-19(28)26-13-3-4-16-17(10-13)30-7-6-29-16/h1-4,8,10H,5-7,9H2,(H2,25,27)(H,26,28). The lowest BCUT2D eigenvalue weighted by Gasteiger charge is -2.19. The predicted octanol–water partition coefficient (Wildman–Crippen LogP) is 4.03. The van der Waals surface area contributed by atoms with Crippen LogP contribution < -0.4 is 20.5 Å². The maximum Gasteiger partial charge on any atom is 0.225 e. The third kappa shape index (κ3) is 4.47. The van der Waals surface area contributed by atoms with Crippen LogP contribution in [0.2, 0.25) is 0 Å². The molecule has 0 fully saturated rings. The Bertz CT molecular complexity index is 1250. The summed E-state index contributed by atoms with van der Waals surface area (Å²) in [4.78, 5) is 17.4. The number of thiophene rings is 1. The zero-order valence-electron chi connectivity index (χ0n) is 16.8. The molecule has 3 aromatic rings. The molecule has 4 rings (SSSR count). The van der Waals surface area contributed by atoms with Gasteiger partial charge in [-0.1, -0.05) is 6.07 Å². The first-order chi connectivity index (χ1) is 15.6. The summed E-state index contributed by atoms with van der Waals surface area (Å²) in [5, 5.41) is 24.4. The number of nitrogens with zero attached hydrogens (tertiary/aromatic N) is 3. The number of carbonyl (C=O) groups is 1. The topological polar surface area (TPSA) is 134 Å². The van der Waals surface area contributed by atoms with Gasteiger partial charge in [0.1, 0.15) is 41.8 Å². The molecule has 0 aliphatic carbocycles. The van der Waals surface area contributed by atoms with Crippen molar-refractivity contribution in [1.29, 1.82) is 10.5 Å². The molecule has 3 N–H and O–H groups in total. The quantitative estimate of drug-likeness (QED) is 0.523. The summed E-state index contributed by atoms with van der Waals surface area (Å²) in [7, 11) is 0. The second-order valence-corrected chi connectivity index (χ2v) is 8.66. The highest BCUT2D eigenvalue weighted by Gasteiger charge is 2.21. The van der Waals surface area contributed by atoms with Crippen molar-refractivity contribution in [3.8, 4) is 34.1 Å². The summed E-state index contributed by atoms with van der Waals surface area (Å²) in [5.74, 6) is 1.51. The van der Waals surface area contributed by atoms with Crippen molar-refractivity contribution in [2.75, 3.05) is 30.0 Å². The first kappa shape index (κ1) is 21.5. The minimum atomic E-state index is -0.187. The molecule has 3 heterocycles. The van der Waals surface area contributed by atoms with E-state index in [0.29, 0.717) is 46.7 Å². The number of anilines is 2. The molecule has 0 atom stereocenters. The summed E-state index contributed by atoms with van der Waals surface area (Å²) in [6, 6.07) is 13.1. The second kappa shape index (κ2) is 9.60. The van der Waals surface area contributed by atoms with Crippen LogP contribution in [0.1, 0.15) is 17.5 Å². The molecular formula is C22H17N5O3S2. The molecule has 1 aliphatic rings. The summed E-state index contributed by atoms with van der Waals surface area (Å²) in [6.45, 7) is 0.971. The molecule has 0 radical (unpaired) electrons. The van der Waals surface area contributed by atoms with Crippen LogP contribution in [-0.4, -0.2) is 29.9 Å².